The molecule has 1 unspecified atom stereocenters. The molecule has 1 heterocycles. The molecule has 1 aliphatic carbocycles. The number of aromatic amines is 1. The molecule has 0 saturated heterocycles. The summed E-state index contributed by atoms with van der Waals surface area (Å²) in [7, 11) is 0. The van der Waals surface area contributed by atoms with Crippen LogP contribution in [-0.2, 0) is 33.6 Å². The maximum atomic E-state index is 12.1. The maximum Gasteiger partial charge on any atom is 0.317 e. The van der Waals surface area contributed by atoms with Crippen LogP contribution in [0.1, 0.15) is 69.7 Å². The molecule has 0 radical (unpaired) electrons. The molecule has 0 amide bonds. The first-order chi connectivity index (χ1) is 13.4. The minimum absolute atomic E-state index is 0.191. The van der Waals surface area contributed by atoms with Crippen LogP contribution in [-0.4, -0.2) is 27.6 Å². The van der Waals surface area contributed by atoms with Gasteiger partial charge in [-0.25, -0.2) is 0 Å². The number of fused-ring (bicyclic) bond motifs is 3. The van der Waals surface area contributed by atoms with Crippen LogP contribution in [0.3, 0.4) is 0 Å². The van der Waals surface area contributed by atoms with Crippen molar-refractivity contribution in [1.29, 1.82) is 0 Å². The lowest BCUT2D eigenvalue weighted by molar-refractivity contribution is -0.171. The van der Waals surface area contributed by atoms with Gasteiger partial charge in [-0.3, -0.25) is 9.59 Å². The molecule has 5 heteroatoms. The van der Waals surface area contributed by atoms with Crippen LogP contribution < -0.4 is 0 Å². The van der Waals surface area contributed by atoms with Gasteiger partial charge < -0.3 is 14.8 Å². The van der Waals surface area contributed by atoms with Gasteiger partial charge in [-0.15, -0.1) is 0 Å². The molecule has 1 aromatic heterocycles. The number of carboxylic acids is 1. The van der Waals surface area contributed by atoms with Gasteiger partial charge in [0.05, 0.1) is 0 Å². The number of aryl methyl sites for hydroxylation is 2. The number of hydrogen-bond donors (Lipinski definition) is 2. The van der Waals surface area contributed by atoms with Crippen LogP contribution in [0, 0.1) is 5.92 Å². The molecule has 152 valence electrons. The van der Waals surface area contributed by atoms with Crippen LogP contribution in [0.2, 0.25) is 0 Å². The summed E-state index contributed by atoms with van der Waals surface area (Å²) < 4.78 is 5.79. The number of carbonyl (C=O) groups is 2. The standard InChI is InChI=1S/C23H31NO4/c1-4-7-15-8-11-19-18(12-15)17-10-9-16(13-20(17)24-19)23(5-2,6-3)28-22(27)14-21(25)26/h8,11-12,16,24H,4-7,9-10,13-14H2,1-3H3,(H,25,26). The smallest absolute Gasteiger partial charge is 0.317 e. The Kier molecular flexibility index (Phi) is 6.11. The number of benzene rings is 1. The molecule has 1 atom stereocenters. The van der Waals surface area contributed by atoms with Gasteiger partial charge >= 0.3 is 11.9 Å². The summed E-state index contributed by atoms with van der Waals surface area (Å²) in [4.78, 5) is 26.6. The van der Waals surface area contributed by atoms with Crippen LogP contribution in [0.15, 0.2) is 18.2 Å². The molecular formula is C23H31NO4. The van der Waals surface area contributed by atoms with Gasteiger partial charge in [0.2, 0.25) is 0 Å². The Hall–Kier alpha value is -2.30. The second-order valence-electron chi connectivity index (χ2n) is 7.97. The van der Waals surface area contributed by atoms with E-state index in [0.29, 0.717) is 12.8 Å². The molecule has 0 bridgehead atoms. The van der Waals surface area contributed by atoms with Crippen molar-refractivity contribution < 1.29 is 19.4 Å². The highest BCUT2D eigenvalue weighted by molar-refractivity contribution is 5.90. The first kappa shape index (κ1) is 20.4. The fraction of sp³-hybridized carbons (Fsp3) is 0.565. The number of carboxylic acid groups (broad SMARTS) is 1. The predicted octanol–water partition coefficient (Wildman–Crippen LogP) is 4.80. The minimum Gasteiger partial charge on any atom is -0.481 e. The summed E-state index contributed by atoms with van der Waals surface area (Å²) in [6.07, 6.45) is 5.75. The SMILES string of the molecule is CCCc1ccc2[nH]c3c(c2c1)CCC(C(CC)(CC)OC(=O)CC(=O)O)C3. The summed E-state index contributed by atoms with van der Waals surface area (Å²) in [5.74, 6) is -1.59. The molecule has 28 heavy (non-hydrogen) atoms. The van der Waals surface area contributed by atoms with Crippen LogP contribution in [0.4, 0.5) is 0 Å². The second-order valence-corrected chi connectivity index (χ2v) is 7.97. The average molecular weight is 386 g/mol. The molecule has 1 aliphatic rings. The van der Waals surface area contributed by atoms with Crippen molar-refractivity contribution in [3.63, 3.8) is 0 Å². The number of aromatic nitrogens is 1. The van der Waals surface area contributed by atoms with Gasteiger partial charge in [0, 0.05) is 22.5 Å². The van der Waals surface area contributed by atoms with Gasteiger partial charge in [0.1, 0.15) is 12.0 Å². The topological polar surface area (TPSA) is 79.4 Å². The summed E-state index contributed by atoms with van der Waals surface area (Å²) in [5.41, 5.74) is 4.57. The maximum absolute atomic E-state index is 12.1. The predicted molar refractivity (Wildman–Crippen MR) is 109 cm³/mol. The fourth-order valence-corrected chi connectivity index (χ4v) is 4.81. The third kappa shape index (κ3) is 3.94. The van der Waals surface area contributed by atoms with Crippen LogP contribution in [0.5, 0.6) is 0 Å². The minimum atomic E-state index is -1.14. The molecule has 0 spiro atoms. The summed E-state index contributed by atoms with van der Waals surface area (Å²) in [6, 6.07) is 6.68. The third-order valence-corrected chi connectivity index (χ3v) is 6.34. The number of carbonyl (C=O) groups excluding carboxylic acids is 1. The summed E-state index contributed by atoms with van der Waals surface area (Å²) >= 11 is 0. The van der Waals surface area contributed by atoms with Gasteiger partial charge in [0.15, 0.2) is 0 Å². The van der Waals surface area contributed by atoms with E-state index in [1.807, 2.05) is 13.8 Å². The zero-order valence-electron chi connectivity index (χ0n) is 17.1. The van der Waals surface area contributed by atoms with E-state index in [1.54, 1.807) is 0 Å². The Bertz CT molecular complexity index is 863. The Balaban J connectivity index is 1.86. The van der Waals surface area contributed by atoms with Gasteiger partial charge in [-0.1, -0.05) is 33.3 Å². The first-order valence-electron chi connectivity index (χ1n) is 10.5. The van der Waals surface area contributed by atoms with Gasteiger partial charge in [-0.05, 0) is 61.8 Å². The van der Waals surface area contributed by atoms with Crippen molar-refractivity contribution in [3.8, 4) is 0 Å². The molecule has 5 nitrogen and oxygen atoms in total. The van der Waals surface area contributed by atoms with Crippen molar-refractivity contribution in [2.24, 2.45) is 5.92 Å². The Morgan fingerprint density at radius 3 is 2.64 bits per heavy atom. The third-order valence-electron chi connectivity index (χ3n) is 6.34. The first-order valence-corrected chi connectivity index (χ1v) is 10.5. The molecular weight excluding hydrogens is 354 g/mol. The van der Waals surface area contributed by atoms with E-state index >= 15 is 0 Å². The zero-order chi connectivity index (χ0) is 20.3. The number of hydrogen-bond acceptors (Lipinski definition) is 3. The number of esters is 1. The van der Waals surface area contributed by atoms with Crippen molar-refractivity contribution in [3.05, 3.63) is 35.0 Å². The highest BCUT2D eigenvalue weighted by Gasteiger charge is 2.41. The molecule has 2 aromatic rings. The quantitative estimate of drug-likeness (QED) is 0.505. The number of aliphatic carboxylic acids is 1. The molecule has 3 rings (SSSR count). The second kappa shape index (κ2) is 8.38. The summed E-state index contributed by atoms with van der Waals surface area (Å²) in [6.45, 7) is 6.24. The normalized spacial score (nSPS) is 16.8. The zero-order valence-corrected chi connectivity index (χ0v) is 17.1. The van der Waals surface area contributed by atoms with E-state index in [9.17, 15) is 9.59 Å². The molecule has 0 fully saturated rings. The lowest BCUT2D eigenvalue weighted by atomic mass is 9.73. The van der Waals surface area contributed by atoms with Crippen LogP contribution >= 0.6 is 0 Å². The van der Waals surface area contributed by atoms with E-state index in [-0.39, 0.29) is 5.92 Å². The lowest BCUT2D eigenvalue weighted by Gasteiger charge is -2.41. The molecule has 1 aromatic carbocycles. The van der Waals surface area contributed by atoms with E-state index in [1.165, 1.54) is 27.7 Å². The number of rotatable bonds is 8. The van der Waals surface area contributed by atoms with Gasteiger partial charge in [-0.2, -0.15) is 0 Å². The molecule has 0 aliphatic heterocycles. The lowest BCUT2D eigenvalue weighted by Crippen LogP contribution is -2.44. The Morgan fingerprint density at radius 1 is 1.25 bits per heavy atom. The van der Waals surface area contributed by atoms with E-state index in [2.05, 4.69) is 30.1 Å². The van der Waals surface area contributed by atoms with E-state index in [0.717, 1.165) is 32.1 Å². The van der Waals surface area contributed by atoms with Crippen molar-refractivity contribution in [2.75, 3.05) is 0 Å². The van der Waals surface area contributed by atoms with Crippen molar-refractivity contribution in [1.82, 2.24) is 4.98 Å². The van der Waals surface area contributed by atoms with E-state index < -0.39 is 24.0 Å². The molecule has 0 saturated carbocycles. The van der Waals surface area contributed by atoms with Crippen LogP contribution in [0.25, 0.3) is 10.9 Å². The highest BCUT2D eigenvalue weighted by Crippen LogP contribution is 2.41. The Labute approximate surface area is 166 Å². The molecule has 2 N–H and O–H groups in total. The average Bonchev–Trinajstić information content (AvgIpc) is 3.03. The Morgan fingerprint density at radius 2 is 2.00 bits per heavy atom. The summed E-state index contributed by atoms with van der Waals surface area (Å²) in [5, 5.41) is 10.2. The fourth-order valence-electron chi connectivity index (χ4n) is 4.81. The number of ether oxygens (including phenoxy) is 1. The van der Waals surface area contributed by atoms with E-state index in [4.69, 9.17) is 9.84 Å². The van der Waals surface area contributed by atoms with Crippen molar-refractivity contribution >= 4 is 22.8 Å². The number of nitrogens with one attached hydrogen (secondary N) is 1. The van der Waals surface area contributed by atoms with Crippen molar-refractivity contribution in [2.45, 2.75) is 77.7 Å². The van der Waals surface area contributed by atoms with Gasteiger partial charge in [0.25, 0.3) is 0 Å². The monoisotopic (exact) mass is 385 g/mol. The largest absolute Gasteiger partial charge is 0.481 e. The highest BCUT2D eigenvalue weighted by atomic mass is 16.6. The number of H-pyrrole nitrogens is 1.